The van der Waals surface area contributed by atoms with Crippen LogP contribution in [0.1, 0.15) is 12.5 Å². The van der Waals surface area contributed by atoms with Crippen LogP contribution in [0.15, 0.2) is 51.9 Å². The fourth-order valence-electron chi connectivity index (χ4n) is 3.02. The molecule has 0 bridgehead atoms. The van der Waals surface area contributed by atoms with Crippen molar-refractivity contribution in [2.24, 2.45) is 23.1 Å². The molecule has 1 aromatic heterocycles. The molecule has 0 atom stereocenters. The molecule has 0 radical (unpaired) electrons. The van der Waals surface area contributed by atoms with Crippen molar-refractivity contribution >= 4 is 34.4 Å². The first-order chi connectivity index (χ1) is 13.3. The first-order valence-corrected chi connectivity index (χ1v) is 8.24. The number of guanidine groups is 1. The second-order valence-corrected chi connectivity index (χ2v) is 6.04. The number of hydrogen-bond donors (Lipinski definition) is 2. The lowest BCUT2D eigenvalue weighted by molar-refractivity contribution is -0.143. The molecule has 3 rings (SSSR count). The summed E-state index contributed by atoms with van der Waals surface area (Å²) in [6.07, 6.45) is 1.40. The molecule has 1 aliphatic heterocycles. The normalized spacial score (nSPS) is 16.5. The Morgan fingerprint density at radius 2 is 1.93 bits per heavy atom. The second kappa shape index (κ2) is 6.99. The van der Waals surface area contributed by atoms with Crippen LogP contribution in [-0.2, 0) is 16.6 Å². The number of nitrogens with zero attached hydrogens (tertiary/aromatic N) is 5. The zero-order valence-electron chi connectivity index (χ0n) is 15.3. The van der Waals surface area contributed by atoms with Crippen LogP contribution in [0.4, 0.5) is 0 Å². The molecular weight excluding hydrogens is 364 g/mol. The molecule has 0 aliphatic carbocycles. The maximum absolute atomic E-state index is 12.8. The number of nitrogens with two attached hydrogens (primary N) is 1. The van der Waals surface area contributed by atoms with Crippen molar-refractivity contribution in [3.8, 4) is 5.75 Å². The number of carbonyl (C=O) groups excluding carboxylic acids is 2. The molecule has 10 heteroatoms. The lowest BCUT2D eigenvalue weighted by Crippen LogP contribution is -2.34. The third-order valence-corrected chi connectivity index (χ3v) is 4.37. The van der Waals surface area contributed by atoms with E-state index >= 15 is 0 Å². The van der Waals surface area contributed by atoms with Gasteiger partial charge in [-0.25, -0.2) is 0 Å². The smallest absolute Gasteiger partial charge is 0.340 e. The molecule has 1 saturated heterocycles. The minimum atomic E-state index is -0.984. The van der Waals surface area contributed by atoms with Gasteiger partial charge < -0.3 is 15.5 Å². The Balaban J connectivity index is 2.17. The van der Waals surface area contributed by atoms with Crippen molar-refractivity contribution in [3.05, 3.63) is 52.8 Å². The number of aromatic nitrogens is 1. The quantitative estimate of drug-likeness (QED) is 0.253. The van der Waals surface area contributed by atoms with Gasteiger partial charge in [-0.3, -0.25) is 19.3 Å². The number of aromatic hydroxyl groups is 1. The summed E-state index contributed by atoms with van der Waals surface area (Å²) in [5, 5.41) is 19.3. The number of rotatable bonds is 4. The Bertz CT molecular complexity index is 1130. The number of para-hydroxylation sites is 1. The van der Waals surface area contributed by atoms with Gasteiger partial charge in [0.25, 0.3) is 11.5 Å². The number of aryl methyl sites for hydroxylation is 1. The van der Waals surface area contributed by atoms with Gasteiger partial charge in [-0.05, 0) is 19.1 Å². The van der Waals surface area contributed by atoms with Crippen LogP contribution in [0.5, 0.6) is 5.75 Å². The van der Waals surface area contributed by atoms with Crippen molar-refractivity contribution in [3.63, 3.8) is 0 Å². The highest BCUT2D eigenvalue weighted by molar-refractivity contribution is 6.45. The topological polar surface area (TPSA) is 134 Å². The summed E-state index contributed by atoms with van der Waals surface area (Å²) in [4.78, 5) is 38.2. The third kappa shape index (κ3) is 2.71. The predicted molar refractivity (Wildman–Crippen MR) is 103 cm³/mol. The molecule has 2 amide bonds. The van der Waals surface area contributed by atoms with Gasteiger partial charge in [0.1, 0.15) is 11.3 Å². The number of benzene rings is 1. The van der Waals surface area contributed by atoms with Gasteiger partial charge in [0.2, 0.25) is 0 Å². The van der Waals surface area contributed by atoms with Crippen LogP contribution in [0.2, 0.25) is 0 Å². The first kappa shape index (κ1) is 18.8. The van der Waals surface area contributed by atoms with Gasteiger partial charge in [-0.15, -0.1) is 11.7 Å². The summed E-state index contributed by atoms with van der Waals surface area (Å²) in [6.45, 7) is 4.96. The summed E-state index contributed by atoms with van der Waals surface area (Å²) in [5.74, 6) is 2.99. The van der Waals surface area contributed by atoms with E-state index in [0.717, 1.165) is 4.90 Å². The molecule has 28 heavy (non-hydrogen) atoms. The minimum Gasteiger partial charge on any atom is -0.506 e. The van der Waals surface area contributed by atoms with Crippen LogP contribution in [0, 0.1) is 0 Å². The van der Waals surface area contributed by atoms with Crippen molar-refractivity contribution in [2.75, 3.05) is 6.54 Å². The largest absolute Gasteiger partial charge is 0.506 e. The Hall–Kier alpha value is -3.95. The summed E-state index contributed by atoms with van der Waals surface area (Å²) >= 11 is 0. The Kier molecular flexibility index (Phi) is 4.70. The highest BCUT2D eigenvalue weighted by atomic mass is 16.3. The Labute approximate surface area is 159 Å². The fourth-order valence-corrected chi connectivity index (χ4v) is 3.02. The lowest BCUT2D eigenvalue weighted by Gasteiger charge is -2.15. The van der Waals surface area contributed by atoms with Crippen LogP contribution < -0.4 is 11.4 Å². The maximum Gasteiger partial charge on any atom is 0.340 e. The number of carbonyl (C=O) groups is 2. The van der Waals surface area contributed by atoms with E-state index in [1.54, 1.807) is 31.3 Å². The molecule has 1 aliphatic rings. The predicted octanol–water partition coefficient (Wildman–Crippen LogP) is 0.0546. The van der Waals surface area contributed by atoms with Crippen LogP contribution in [0.25, 0.3) is 10.9 Å². The molecule has 0 spiro atoms. The molecule has 3 N–H and O–H groups in total. The molecule has 0 unspecified atom stereocenters. The number of fused-ring (bicyclic) bond motifs is 1. The molecule has 0 saturated carbocycles. The average Bonchev–Trinajstić information content (AvgIpc) is 2.91. The van der Waals surface area contributed by atoms with E-state index in [-0.39, 0.29) is 29.5 Å². The Morgan fingerprint density at radius 1 is 1.25 bits per heavy atom. The summed E-state index contributed by atoms with van der Waals surface area (Å²) in [6, 6.07) is 6.82. The van der Waals surface area contributed by atoms with Crippen molar-refractivity contribution in [1.29, 1.82) is 0 Å². The molecule has 1 fully saturated rings. The molecule has 10 nitrogen and oxygen atoms in total. The van der Waals surface area contributed by atoms with Crippen LogP contribution in [-0.4, -0.2) is 49.6 Å². The summed E-state index contributed by atoms with van der Waals surface area (Å²) in [5.41, 5.74) is -0.0495. The van der Waals surface area contributed by atoms with Gasteiger partial charge in [-0.1, -0.05) is 18.2 Å². The van der Waals surface area contributed by atoms with E-state index in [1.807, 2.05) is 0 Å². The standard InChI is InChI=1S/C18H18N6O4/c1-4-9-23-16(27)17(28)24(18(23)20-19)21-10(2)13-14(25)11-7-5-6-8-12(11)22(3)15(13)26/h4-8,25H,1,9,19H2,2-3H3/b20-18-,21-10-. The minimum absolute atomic E-state index is 0.00860. The summed E-state index contributed by atoms with van der Waals surface area (Å²) < 4.78 is 1.36. The van der Waals surface area contributed by atoms with Gasteiger partial charge in [-0.2, -0.15) is 10.1 Å². The fraction of sp³-hybridized carbons (Fsp3) is 0.167. The van der Waals surface area contributed by atoms with Gasteiger partial charge in [0.05, 0.1) is 11.2 Å². The van der Waals surface area contributed by atoms with E-state index in [4.69, 9.17) is 5.84 Å². The van der Waals surface area contributed by atoms with Crippen molar-refractivity contribution < 1.29 is 14.7 Å². The van der Waals surface area contributed by atoms with Gasteiger partial charge in [0.15, 0.2) is 0 Å². The lowest BCUT2D eigenvalue weighted by atomic mass is 10.1. The molecule has 2 aromatic rings. The zero-order chi connectivity index (χ0) is 20.6. The third-order valence-electron chi connectivity index (χ3n) is 4.37. The second-order valence-electron chi connectivity index (χ2n) is 6.04. The van der Waals surface area contributed by atoms with E-state index in [9.17, 15) is 19.5 Å². The highest BCUT2D eigenvalue weighted by Gasteiger charge is 2.43. The van der Waals surface area contributed by atoms with Crippen LogP contribution in [0.3, 0.4) is 0 Å². The molecule has 1 aromatic carbocycles. The van der Waals surface area contributed by atoms with Gasteiger partial charge in [0, 0.05) is 19.0 Å². The van der Waals surface area contributed by atoms with E-state index in [1.165, 1.54) is 17.6 Å². The number of hydrogen-bond acceptors (Lipinski definition) is 7. The van der Waals surface area contributed by atoms with E-state index < -0.39 is 17.4 Å². The SMILES string of the molecule is C=CCN1C(=O)C(=O)N(/N=C(/C)c2c(O)c3ccccc3n(C)c2=O)/C1=N\N. The maximum atomic E-state index is 12.8. The number of amides is 2. The molecular formula is C18H18N6O4. The summed E-state index contributed by atoms with van der Waals surface area (Å²) in [7, 11) is 1.56. The van der Waals surface area contributed by atoms with Crippen molar-refractivity contribution in [2.45, 2.75) is 6.92 Å². The average molecular weight is 382 g/mol. The first-order valence-electron chi connectivity index (χ1n) is 8.24. The highest BCUT2D eigenvalue weighted by Crippen LogP contribution is 2.26. The number of hydrazone groups is 2. The molecule has 144 valence electrons. The van der Waals surface area contributed by atoms with Crippen LogP contribution >= 0.6 is 0 Å². The Morgan fingerprint density at radius 3 is 2.57 bits per heavy atom. The van der Waals surface area contributed by atoms with Crippen molar-refractivity contribution in [1.82, 2.24) is 14.5 Å². The zero-order valence-corrected chi connectivity index (χ0v) is 15.3. The van der Waals surface area contributed by atoms with E-state index in [2.05, 4.69) is 16.8 Å². The van der Waals surface area contributed by atoms with E-state index in [0.29, 0.717) is 15.9 Å². The molecule has 2 heterocycles. The number of pyridine rings is 1. The van der Waals surface area contributed by atoms with Gasteiger partial charge >= 0.3 is 11.8 Å². The monoisotopic (exact) mass is 382 g/mol.